The lowest BCUT2D eigenvalue weighted by molar-refractivity contribution is 1.77. The van der Waals surface area contributed by atoms with E-state index in [4.69, 9.17) is 0 Å². The van der Waals surface area contributed by atoms with Crippen LogP contribution in [-0.4, -0.2) is 0 Å². The highest BCUT2D eigenvalue weighted by molar-refractivity contribution is 9.10. The Balaban J connectivity index is 2.05. The maximum absolute atomic E-state index is 3.79. The molecule has 0 saturated heterocycles. The first-order chi connectivity index (χ1) is 12.8. The van der Waals surface area contributed by atoms with Crippen molar-refractivity contribution in [1.82, 2.24) is 0 Å². The van der Waals surface area contributed by atoms with E-state index in [9.17, 15) is 0 Å². The molecule has 6 aromatic rings. The molecule has 0 unspecified atom stereocenters. The quantitative estimate of drug-likeness (QED) is 0.220. The van der Waals surface area contributed by atoms with Crippen molar-refractivity contribution in [2.24, 2.45) is 0 Å². The molecular weight excluding hydrogens is 400 g/mol. The van der Waals surface area contributed by atoms with Gasteiger partial charge in [0.15, 0.2) is 0 Å². The van der Waals surface area contributed by atoms with Gasteiger partial charge in [-0.2, -0.15) is 0 Å². The molecule has 0 bridgehead atoms. The molecule has 0 aliphatic rings. The van der Waals surface area contributed by atoms with Crippen LogP contribution in [0.1, 0.15) is 0 Å². The van der Waals surface area contributed by atoms with Crippen LogP contribution >= 0.6 is 27.3 Å². The summed E-state index contributed by atoms with van der Waals surface area (Å²) in [5, 5.41) is 10.7. The van der Waals surface area contributed by atoms with Gasteiger partial charge in [-0.15, -0.1) is 11.3 Å². The van der Waals surface area contributed by atoms with Crippen LogP contribution in [0.3, 0.4) is 0 Å². The Morgan fingerprint density at radius 1 is 0.538 bits per heavy atom. The molecular formula is C24H13BrS. The summed E-state index contributed by atoms with van der Waals surface area (Å²) >= 11 is 5.70. The fraction of sp³-hybridized carbons (Fsp3) is 0. The Bertz CT molecular complexity index is 1490. The predicted molar refractivity (Wildman–Crippen MR) is 120 cm³/mol. The Kier molecular flexibility index (Phi) is 3.00. The lowest BCUT2D eigenvalue weighted by Crippen LogP contribution is -1.82. The van der Waals surface area contributed by atoms with E-state index in [2.05, 4.69) is 94.8 Å². The maximum atomic E-state index is 3.79. The van der Waals surface area contributed by atoms with Crippen molar-refractivity contribution in [3.05, 3.63) is 83.3 Å². The zero-order chi connectivity index (χ0) is 17.3. The largest absolute Gasteiger partial charge is 0.134 e. The van der Waals surface area contributed by atoms with Crippen LogP contribution in [0.15, 0.2) is 83.3 Å². The van der Waals surface area contributed by atoms with Crippen LogP contribution in [-0.2, 0) is 0 Å². The summed E-state index contributed by atoms with van der Waals surface area (Å²) < 4.78 is 3.90. The van der Waals surface area contributed by atoms with Gasteiger partial charge >= 0.3 is 0 Å². The Hall–Kier alpha value is -2.42. The molecule has 0 saturated carbocycles. The van der Waals surface area contributed by atoms with Crippen molar-refractivity contribution in [2.75, 3.05) is 0 Å². The monoisotopic (exact) mass is 412 g/mol. The summed E-state index contributed by atoms with van der Waals surface area (Å²) in [6, 6.07) is 28.6. The van der Waals surface area contributed by atoms with Gasteiger partial charge in [0.1, 0.15) is 0 Å². The summed E-state index contributed by atoms with van der Waals surface area (Å²) in [5.41, 5.74) is 0. The molecule has 0 aliphatic carbocycles. The summed E-state index contributed by atoms with van der Waals surface area (Å²) in [4.78, 5) is 0. The highest BCUT2D eigenvalue weighted by Crippen LogP contribution is 2.47. The van der Waals surface area contributed by atoms with Crippen molar-refractivity contribution < 1.29 is 0 Å². The smallest absolute Gasteiger partial charge is 0.0440 e. The molecule has 0 aliphatic heterocycles. The average molecular weight is 413 g/mol. The highest BCUT2D eigenvalue weighted by Gasteiger charge is 2.16. The lowest BCUT2D eigenvalue weighted by atomic mass is 9.95. The van der Waals surface area contributed by atoms with Crippen LogP contribution in [0.25, 0.3) is 52.5 Å². The van der Waals surface area contributed by atoms with E-state index >= 15 is 0 Å². The topological polar surface area (TPSA) is 0 Å². The van der Waals surface area contributed by atoms with Crippen LogP contribution in [0.2, 0.25) is 0 Å². The van der Waals surface area contributed by atoms with Gasteiger partial charge in [0.25, 0.3) is 0 Å². The van der Waals surface area contributed by atoms with Crippen molar-refractivity contribution in [3.63, 3.8) is 0 Å². The van der Waals surface area contributed by atoms with Crippen LogP contribution in [0.5, 0.6) is 0 Å². The third-order valence-electron chi connectivity index (χ3n) is 5.30. The molecule has 1 aromatic heterocycles. The van der Waals surface area contributed by atoms with E-state index in [-0.39, 0.29) is 0 Å². The molecule has 0 radical (unpaired) electrons. The Morgan fingerprint density at radius 3 is 2.08 bits per heavy atom. The minimum absolute atomic E-state index is 1.16. The van der Waals surface area contributed by atoms with Crippen molar-refractivity contribution in [2.45, 2.75) is 0 Å². The zero-order valence-corrected chi connectivity index (χ0v) is 16.2. The minimum atomic E-state index is 1.16. The van der Waals surface area contributed by atoms with E-state index in [1.165, 1.54) is 52.5 Å². The number of halogens is 1. The molecule has 0 fully saturated rings. The summed E-state index contributed by atoms with van der Waals surface area (Å²) in [6.07, 6.45) is 0. The summed E-state index contributed by atoms with van der Waals surface area (Å²) in [6.45, 7) is 0. The molecule has 26 heavy (non-hydrogen) atoms. The molecule has 0 amide bonds. The lowest BCUT2D eigenvalue weighted by Gasteiger charge is -2.09. The third kappa shape index (κ3) is 1.83. The molecule has 0 nitrogen and oxygen atoms in total. The van der Waals surface area contributed by atoms with Crippen molar-refractivity contribution in [1.29, 1.82) is 0 Å². The van der Waals surface area contributed by atoms with Gasteiger partial charge < -0.3 is 0 Å². The fourth-order valence-corrected chi connectivity index (χ4v) is 6.07. The number of hydrogen-bond acceptors (Lipinski definition) is 1. The van der Waals surface area contributed by atoms with Gasteiger partial charge in [-0.3, -0.25) is 0 Å². The maximum Gasteiger partial charge on any atom is 0.0440 e. The SMILES string of the molecule is Brc1cccc2c3sc4ccc5ccccc5c4c3c3ccccc3c12. The second-order valence-corrected chi connectivity index (χ2v) is 8.58. The number of hydrogen-bond donors (Lipinski definition) is 0. The van der Waals surface area contributed by atoms with Crippen molar-refractivity contribution in [3.8, 4) is 0 Å². The normalized spacial score (nSPS) is 12.0. The van der Waals surface area contributed by atoms with Crippen LogP contribution in [0, 0.1) is 0 Å². The molecule has 1 heterocycles. The van der Waals surface area contributed by atoms with Gasteiger partial charge in [-0.05, 0) is 33.7 Å². The number of thiophene rings is 1. The molecule has 6 rings (SSSR count). The Morgan fingerprint density at radius 2 is 1.23 bits per heavy atom. The molecule has 2 heteroatoms. The van der Waals surface area contributed by atoms with Gasteiger partial charge in [-0.1, -0.05) is 82.7 Å². The Labute approximate surface area is 162 Å². The summed E-state index contributed by atoms with van der Waals surface area (Å²) in [7, 11) is 0. The van der Waals surface area contributed by atoms with E-state index in [1.54, 1.807) is 0 Å². The first kappa shape index (κ1) is 14.7. The van der Waals surface area contributed by atoms with Crippen molar-refractivity contribution >= 4 is 79.8 Å². The van der Waals surface area contributed by atoms with E-state index in [0.717, 1.165) is 4.47 Å². The highest BCUT2D eigenvalue weighted by atomic mass is 79.9. The molecule has 5 aromatic carbocycles. The van der Waals surface area contributed by atoms with E-state index in [0.29, 0.717) is 0 Å². The van der Waals surface area contributed by atoms with E-state index in [1.807, 2.05) is 11.3 Å². The molecule has 0 spiro atoms. The number of benzene rings is 5. The van der Waals surface area contributed by atoms with Gasteiger partial charge in [0.2, 0.25) is 0 Å². The van der Waals surface area contributed by atoms with Gasteiger partial charge in [0.05, 0.1) is 0 Å². The molecule has 122 valence electrons. The first-order valence-corrected chi connectivity index (χ1v) is 10.3. The number of fused-ring (bicyclic) bond motifs is 10. The fourth-order valence-electron chi connectivity index (χ4n) is 4.22. The molecule has 0 N–H and O–H groups in total. The summed E-state index contributed by atoms with van der Waals surface area (Å²) in [5.74, 6) is 0. The minimum Gasteiger partial charge on any atom is -0.134 e. The first-order valence-electron chi connectivity index (χ1n) is 8.66. The van der Waals surface area contributed by atoms with E-state index < -0.39 is 0 Å². The number of rotatable bonds is 0. The van der Waals surface area contributed by atoms with Gasteiger partial charge in [-0.25, -0.2) is 0 Å². The van der Waals surface area contributed by atoms with Gasteiger partial charge in [0, 0.05) is 35.4 Å². The van der Waals surface area contributed by atoms with Crippen LogP contribution in [0.4, 0.5) is 0 Å². The van der Waals surface area contributed by atoms with Crippen LogP contribution < -0.4 is 0 Å². The second-order valence-electron chi connectivity index (χ2n) is 6.67. The predicted octanol–water partition coefficient (Wildman–Crippen LogP) is 8.28. The standard InChI is InChI=1S/C24H13BrS/c25-19-11-5-10-18-21(19)16-8-3-4-9-17(16)23-22-15-7-2-1-6-14(15)12-13-20(22)26-24(18)23/h1-13H. The zero-order valence-electron chi connectivity index (χ0n) is 13.8. The second kappa shape index (κ2) is 5.29. The third-order valence-corrected chi connectivity index (χ3v) is 7.15. The average Bonchev–Trinajstić information content (AvgIpc) is 3.09. The molecule has 0 atom stereocenters.